The van der Waals surface area contributed by atoms with Crippen LogP contribution in [0.25, 0.3) is 0 Å². The van der Waals surface area contributed by atoms with E-state index in [0.717, 1.165) is 21.9 Å². The number of nitrogens with one attached hydrogen (secondary N) is 1. The second-order valence-electron chi connectivity index (χ2n) is 10.1. The van der Waals surface area contributed by atoms with Gasteiger partial charge in [0, 0.05) is 12.6 Å². The Morgan fingerprint density at radius 1 is 0.902 bits per heavy atom. The first-order chi connectivity index (χ1) is 19.6. The highest BCUT2D eigenvalue weighted by Crippen LogP contribution is 2.26. The Balaban J connectivity index is 1.96. The number of nitrogens with zero attached hydrogens (tertiary/aromatic N) is 2. The molecule has 3 aromatic carbocycles. The Bertz CT molecular complexity index is 1380. The van der Waals surface area contributed by atoms with Crippen LogP contribution in [0.2, 0.25) is 0 Å². The molecule has 0 unspecified atom stereocenters. The fourth-order valence-electron chi connectivity index (χ4n) is 4.28. The van der Waals surface area contributed by atoms with E-state index in [0.29, 0.717) is 24.5 Å². The molecule has 220 valence electrons. The summed E-state index contributed by atoms with van der Waals surface area (Å²) < 4.78 is 34.5. The monoisotopic (exact) mass is 579 g/mol. The van der Waals surface area contributed by atoms with Gasteiger partial charge < -0.3 is 15.0 Å². The molecule has 9 heteroatoms. The molecule has 0 aliphatic heterocycles. The zero-order chi connectivity index (χ0) is 30.0. The summed E-state index contributed by atoms with van der Waals surface area (Å²) in [6.45, 7) is 9.56. The summed E-state index contributed by atoms with van der Waals surface area (Å²) in [5.41, 5.74) is 2.33. The number of carbonyl (C=O) groups excluding carboxylic acids is 2. The van der Waals surface area contributed by atoms with Crippen molar-refractivity contribution in [2.24, 2.45) is 0 Å². The second kappa shape index (κ2) is 14.7. The summed E-state index contributed by atoms with van der Waals surface area (Å²) in [6, 6.07) is 21.9. The molecular formula is C32H41N3O5S. The maximum Gasteiger partial charge on any atom is 0.264 e. The number of rotatable bonds is 14. The lowest BCUT2D eigenvalue weighted by atomic mass is 10.1. The second-order valence-corrected chi connectivity index (χ2v) is 11.9. The van der Waals surface area contributed by atoms with Gasteiger partial charge in [0.25, 0.3) is 10.0 Å². The van der Waals surface area contributed by atoms with E-state index < -0.39 is 28.5 Å². The molecule has 0 aromatic heterocycles. The number of amides is 2. The van der Waals surface area contributed by atoms with Crippen LogP contribution in [0.4, 0.5) is 5.69 Å². The number of ether oxygens (including phenoxy) is 1. The van der Waals surface area contributed by atoms with Gasteiger partial charge in [-0.2, -0.15) is 0 Å². The first kappa shape index (κ1) is 31.7. The maximum atomic E-state index is 14.0. The number of sulfonamides is 1. The van der Waals surface area contributed by atoms with Gasteiger partial charge in [0.05, 0.1) is 17.2 Å². The van der Waals surface area contributed by atoms with Gasteiger partial charge in [0.15, 0.2) is 0 Å². The van der Waals surface area contributed by atoms with Crippen LogP contribution in [-0.4, -0.2) is 56.9 Å². The van der Waals surface area contributed by atoms with Crippen LogP contribution in [0, 0.1) is 6.92 Å². The van der Waals surface area contributed by atoms with E-state index >= 15 is 0 Å². The first-order valence-corrected chi connectivity index (χ1v) is 15.5. The number of anilines is 1. The maximum absolute atomic E-state index is 14.0. The average molecular weight is 580 g/mol. The van der Waals surface area contributed by atoms with Crippen LogP contribution in [0.5, 0.6) is 5.75 Å². The van der Waals surface area contributed by atoms with E-state index in [4.69, 9.17) is 4.74 Å². The first-order valence-electron chi connectivity index (χ1n) is 14.0. The summed E-state index contributed by atoms with van der Waals surface area (Å²) in [6.07, 6.45) is 1.27. The number of carbonyl (C=O) groups is 2. The summed E-state index contributed by atoms with van der Waals surface area (Å²) in [7, 11) is -4.13. The zero-order valence-corrected chi connectivity index (χ0v) is 25.4. The lowest BCUT2D eigenvalue weighted by molar-refractivity contribution is -0.139. The zero-order valence-electron chi connectivity index (χ0n) is 24.5. The molecule has 0 saturated carbocycles. The van der Waals surface area contributed by atoms with E-state index in [2.05, 4.69) is 5.32 Å². The van der Waals surface area contributed by atoms with Crippen LogP contribution >= 0.6 is 0 Å². The van der Waals surface area contributed by atoms with E-state index in [9.17, 15) is 18.0 Å². The molecule has 1 N–H and O–H groups in total. The molecule has 0 spiro atoms. The van der Waals surface area contributed by atoms with Gasteiger partial charge in [-0.05, 0) is 82.5 Å². The number of hydrogen-bond donors (Lipinski definition) is 1. The third kappa shape index (κ3) is 8.57. The van der Waals surface area contributed by atoms with Gasteiger partial charge >= 0.3 is 0 Å². The molecular weight excluding hydrogens is 538 g/mol. The largest absolute Gasteiger partial charge is 0.494 e. The van der Waals surface area contributed by atoms with Crippen molar-refractivity contribution in [1.82, 2.24) is 10.2 Å². The lowest BCUT2D eigenvalue weighted by Crippen LogP contribution is -2.53. The number of benzene rings is 3. The minimum absolute atomic E-state index is 0.0349. The van der Waals surface area contributed by atoms with Gasteiger partial charge in [-0.1, -0.05) is 55.0 Å². The Labute approximate surface area is 244 Å². The Morgan fingerprint density at radius 2 is 1.54 bits per heavy atom. The summed E-state index contributed by atoms with van der Waals surface area (Å²) in [5.74, 6) is -0.197. The van der Waals surface area contributed by atoms with E-state index in [-0.39, 0.29) is 23.4 Å². The molecule has 8 nitrogen and oxygen atoms in total. The molecule has 0 aliphatic rings. The predicted octanol–water partition coefficient (Wildman–Crippen LogP) is 4.96. The molecule has 2 atom stereocenters. The minimum atomic E-state index is -4.13. The minimum Gasteiger partial charge on any atom is -0.494 e. The normalized spacial score (nSPS) is 12.7. The van der Waals surface area contributed by atoms with Gasteiger partial charge in [-0.15, -0.1) is 0 Å². The summed E-state index contributed by atoms with van der Waals surface area (Å²) in [4.78, 5) is 28.6. The van der Waals surface area contributed by atoms with Crippen LogP contribution < -0.4 is 14.4 Å². The molecule has 0 saturated heterocycles. The molecule has 0 fully saturated rings. The summed E-state index contributed by atoms with van der Waals surface area (Å²) >= 11 is 0. The van der Waals surface area contributed by atoms with Gasteiger partial charge in [0.1, 0.15) is 18.3 Å². The van der Waals surface area contributed by atoms with Crippen LogP contribution in [0.15, 0.2) is 83.8 Å². The standard InChI is InChI=1S/C32H41N3O5S/c1-6-25(4)33-32(37)26(5)34(22-21-27-11-9-8-10-12-27)31(36)23-35(28-15-13-24(3)14-16-28)41(38,39)30-19-17-29(18-20-30)40-7-2/h8-20,25-26H,6-7,21-23H2,1-5H3,(H,33,37)/t25-,26-/m0/s1. The molecule has 0 bridgehead atoms. The average Bonchev–Trinajstić information content (AvgIpc) is 2.97. The Kier molecular flexibility index (Phi) is 11.3. The van der Waals surface area contributed by atoms with Crippen molar-refractivity contribution in [2.45, 2.75) is 64.4 Å². The Hall–Kier alpha value is -3.85. The van der Waals surface area contributed by atoms with Crippen molar-refractivity contribution >= 4 is 27.5 Å². The number of hydrogen-bond acceptors (Lipinski definition) is 5. The smallest absolute Gasteiger partial charge is 0.264 e. The number of aryl methyl sites for hydroxylation is 1. The van der Waals surface area contributed by atoms with Crippen LogP contribution in [0.3, 0.4) is 0 Å². The third-order valence-electron chi connectivity index (χ3n) is 6.98. The van der Waals surface area contributed by atoms with Gasteiger partial charge in [-0.3, -0.25) is 13.9 Å². The van der Waals surface area contributed by atoms with Crippen molar-refractivity contribution in [3.63, 3.8) is 0 Å². The van der Waals surface area contributed by atoms with E-state index in [1.807, 2.05) is 58.0 Å². The molecule has 41 heavy (non-hydrogen) atoms. The highest BCUT2D eigenvalue weighted by atomic mass is 32.2. The molecule has 0 heterocycles. The fraction of sp³-hybridized carbons (Fsp3) is 0.375. The van der Waals surface area contributed by atoms with Crippen molar-refractivity contribution in [2.75, 3.05) is 24.0 Å². The molecule has 2 amide bonds. The lowest BCUT2D eigenvalue weighted by Gasteiger charge is -2.32. The predicted molar refractivity (Wildman–Crippen MR) is 163 cm³/mol. The van der Waals surface area contributed by atoms with Crippen molar-refractivity contribution in [3.8, 4) is 5.75 Å². The highest BCUT2D eigenvalue weighted by Gasteiger charge is 2.32. The van der Waals surface area contributed by atoms with E-state index in [1.165, 1.54) is 17.0 Å². The van der Waals surface area contributed by atoms with Crippen LogP contribution in [-0.2, 0) is 26.0 Å². The quantitative estimate of drug-likeness (QED) is 0.291. The van der Waals surface area contributed by atoms with Crippen molar-refractivity contribution in [3.05, 3.63) is 90.0 Å². The van der Waals surface area contributed by atoms with Gasteiger partial charge in [-0.25, -0.2) is 8.42 Å². The Morgan fingerprint density at radius 3 is 2.12 bits per heavy atom. The van der Waals surface area contributed by atoms with Crippen molar-refractivity contribution in [1.29, 1.82) is 0 Å². The van der Waals surface area contributed by atoms with Gasteiger partial charge in [0.2, 0.25) is 11.8 Å². The topological polar surface area (TPSA) is 96.0 Å². The molecule has 0 aliphatic carbocycles. The van der Waals surface area contributed by atoms with Crippen LogP contribution in [0.1, 0.15) is 45.2 Å². The fourth-order valence-corrected chi connectivity index (χ4v) is 5.69. The highest BCUT2D eigenvalue weighted by molar-refractivity contribution is 7.92. The SMILES string of the molecule is CCOc1ccc(S(=O)(=O)N(CC(=O)N(CCc2ccccc2)[C@@H](C)C(=O)N[C@@H](C)CC)c2ccc(C)cc2)cc1. The van der Waals surface area contributed by atoms with Crippen molar-refractivity contribution < 1.29 is 22.7 Å². The van der Waals surface area contributed by atoms with E-state index in [1.54, 1.807) is 43.3 Å². The third-order valence-corrected chi connectivity index (χ3v) is 8.76. The molecule has 3 rings (SSSR count). The summed E-state index contributed by atoms with van der Waals surface area (Å²) in [5, 5.41) is 2.95. The molecule has 3 aromatic rings. The molecule has 0 radical (unpaired) electrons.